The minimum absolute atomic E-state index is 0.295. The van der Waals surface area contributed by atoms with Crippen molar-refractivity contribution in [3.63, 3.8) is 0 Å². The number of halogens is 2. The molecule has 6 nitrogen and oxygen atoms in total. The number of carbonyl (C=O) groups is 1. The second kappa shape index (κ2) is 9.84. The Bertz CT molecular complexity index is 1610. The highest BCUT2D eigenvalue weighted by atomic mass is 35.5. The van der Waals surface area contributed by atoms with Crippen molar-refractivity contribution in [3.8, 4) is 11.5 Å². The van der Waals surface area contributed by atoms with Gasteiger partial charge in [0.15, 0.2) is 0 Å². The van der Waals surface area contributed by atoms with Crippen LogP contribution in [0.25, 0.3) is 11.5 Å². The number of amides is 2. The number of rotatable bonds is 4. The van der Waals surface area contributed by atoms with Gasteiger partial charge < -0.3 is 14.8 Å². The van der Waals surface area contributed by atoms with Crippen molar-refractivity contribution in [2.45, 2.75) is 25.9 Å². The molecule has 0 aliphatic carbocycles. The largest absolute Gasteiger partial charge is 0.322 e. The molecular formula is C30H25ClFN5O. The van der Waals surface area contributed by atoms with Gasteiger partial charge in [0.1, 0.15) is 11.6 Å². The fourth-order valence-electron chi connectivity index (χ4n) is 5.11. The summed E-state index contributed by atoms with van der Waals surface area (Å²) in [7, 11) is 0. The van der Waals surface area contributed by atoms with Gasteiger partial charge in [-0.2, -0.15) is 5.10 Å². The maximum Gasteiger partial charge on any atom is 0.322 e. The Morgan fingerprint density at radius 3 is 2.55 bits per heavy atom. The first-order chi connectivity index (χ1) is 18.5. The number of anilines is 1. The number of aryl methyl sites for hydroxylation is 1. The highest BCUT2D eigenvalue weighted by Gasteiger charge is 2.36. The van der Waals surface area contributed by atoms with Gasteiger partial charge in [0.2, 0.25) is 0 Å². The van der Waals surface area contributed by atoms with Crippen LogP contribution in [0.15, 0.2) is 97.2 Å². The number of para-hydroxylation sites is 1. The molecule has 2 aromatic heterocycles. The maximum absolute atomic E-state index is 14.0. The Balaban J connectivity index is 1.55. The monoisotopic (exact) mass is 525 g/mol. The summed E-state index contributed by atoms with van der Waals surface area (Å²) >= 11 is 6.18. The molecule has 3 heterocycles. The molecule has 1 unspecified atom stereocenters. The third kappa shape index (κ3) is 4.25. The summed E-state index contributed by atoms with van der Waals surface area (Å²) in [5, 5.41) is 8.51. The normalized spacial score (nSPS) is 14.5. The summed E-state index contributed by atoms with van der Waals surface area (Å²) in [4.78, 5) is 15.7. The Kier molecular flexibility index (Phi) is 6.21. The zero-order valence-corrected chi connectivity index (χ0v) is 21.4. The first-order valence-corrected chi connectivity index (χ1v) is 12.8. The number of hydrogen-bond acceptors (Lipinski definition) is 2. The predicted octanol–water partition coefficient (Wildman–Crippen LogP) is 7.16. The van der Waals surface area contributed by atoms with Crippen molar-refractivity contribution in [2.24, 2.45) is 0 Å². The maximum atomic E-state index is 14.0. The van der Waals surface area contributed by atoms with E-state index in [1.165, 1.54) is 12.1 Å². The Morgan fingerprint density at radius 1 is 1.03 bits per heavy atom. The molecule has 6 rings (SSSR count). The van der Waals surface area contributed by atoms with Crippen LogP contribution in [-0.4, -0.2) is 25.3 Å². The summed E-state index contributed by atoms with van der Waals surface area (Å²) in [6, 6.07) is 26.5. The molecular weight excluding hydrogens is 501 g/mol. The average molecular weight is 526 g/mol. The number of urea groups is 1. The first kappa shape index (κ1) is 24.0. The Labute approximate surface area is 224 Å². The minimum atomic E-state index is -0.480. The lowest BCUT2D eigenvalue weighted by Crippen LogP contribution is -2.38. The van der Waals surface area contributed by atoms with Gasteiger partial charge in [0.05, 0.1) is 29.7 Å². The van der Waals surface area contributed by atoms with Crippen molar-refractivity contribution in [1.82, 2.24) is 19.2 Å². The van der Waals surface area contributed by atoms with E-state index >= 15 is 0 Å². The molecule has 0 radical (unpaired) electrons. The van der Waals surface area contributed by atoms with E-state index in [2.05, 4.69) is 16.8 Å². The van der Waals surface area contributed by atoms with Gasteiger partial charge in [0, 0.05) is 22.5 Å². The van der Waals surface area contributed by atoms with Crippen molar-refractivity contribution < 1.29 is 9.18 Å². The van der Waals surface area contributed by atoms with Gasteiger partial charge in [0.25, 0.3) is 0 Å². The third-order valence-electron chi connectivity index (χ3n) is 6.83. The molecule has 38 heavy (non-hydrogen) atoms. The number of benzene rings is 3. The van der Waals surface area contributed by atoms with Crippen LogP contribution in [0.2, 0.25) is 5.02 Å². The number of fused-ring (bicyclic) bond motifs is 3. The lowest BCUT2D eigenvalue weighted by Gasteiger charge is -2.31. The summed E-state index contributed by atoms with van der Waals surface area (Å²) in [5.74, 6) is 0.558. The molecule has 5 aromatic rings. The molecule has 0 saturated carbocycles. The zero-order chi connectivity index (χ0) is 26.2. The number of aromatic nitrogens is 3. The first-order valence-electron chi connectivity index (χ1n) is 12.5. The summed E-state index contributed by atoms with van der Waals surface area (Å²) in [5.41, 5.74) is 5.06. The second-order valence-electron chi connectivity index (χ2n) is 9.18. The molecule has 0 spiro atoms. The fraction of sp³-hybridized carbons (Fsp3) is 0.133. The topological polar surface area (TPSA) is 55.1 Å². The van der Waals surface area contributed by atoms with E-state index in [-0.39, 0.29) is 11.8 Å². The van der Waals surface area contributed by atoms with Crippen LogP contribution < -0.4 is 5.32 Å². The second-order valence-corrected chi connectivity index (χ2v) is 9.61. The standard InChI is InChI=1S/C30H25ClFN5O/c1-2-26-25-19-36(30(38)33-23-9-6-8-21(31)18-23)28(20-13-15-22(32)16-14-20)27-12-7-17-35(27)29(25)37(34-26)24-10-4-3-5-11-24/h3-18,28H,2,19H2,1H3,(H,33,38). The van der Waals surface area contributed by atoms with Crippen LogP contribution in [0.4, 0.5) is 14.9 Å². The van der Waals surface area contributed by atoms with Crippen molar-refractivity contribution in [2.75, 3.05) is 5.32 Å². The van der Waals surface area contributed by atoms with E-state index in [4.69, 9.17) is 16.7 Å². The van der Waals surface area contributed by atoms with Crippen LogP contribution >= 0.6 is 11.6 Å². The minimum Gasteiger partial charge on any atom is -0.308 e. The Hall–Kier alpha value is -4.36. The molecule has 1 N–H and O–H groups in total. The number of nitrogens with one attached hydrogen (secondary N) is 1. The lowest BCUT2D eigenvalue weighted by atomic mass is 10.0. The van der Waals surface area contributed by atoms with Crippen LogP contribution in [0, 0.1) is 5.82 Å². The van der Waals surface area contributed by atoms with Crippen molar-refractivity contribution in [1.29, 1.82) is 0 Å². The fourth-order valence-corrected chi connectivity index (χ4v) is 5.30. The summed E-state index contributed by atoms with van der Waals surface area (Å²) in [6.07, 6.45) is 2.69. The number of hydrogen-bond donors (Lipinski definition) is 1. The van der Waals surface area contributed by atoms with Crippen molar-refractivity contribution in [3.05, 3.63) is 131 Å². The smallest absolute Gasteiger partial charge is 0.308 e. The highest BCUT2D eigenvalue weighted by Crippen LogP contribution is 2.39. The van der Waals surface area contributed by atoms with Gasteiger partial charge in [-0.25, -0.2) is 13.9 Å². The molecule has 0 saturated heterocycles. The molecule has 3 aromatic carbocycles. The third-order valence-corrected chi connectivity index (χ3v) is 7.06. The van der Waals surface area contributed by atoms with Gasteiger partial charge in [-0.3, -0.25) is 0 Å². The van der Waals surface area contributed by atoms with E-state index in [1.807, 2.05) is 53.3 Å². The van der Waals surface area contributed by atoms with Crippen LogP contribution in [0.5, 0.6) is 0 Å². The molecule has 1 aliphatic heterocycles. The average Bonchev–Trinajstić information content (AvgIpc) is 3.51. The van der Waals surface area contributed by atoms with Gasteiger partial charge in [-0.05, 0) is 66.6 Å². The molecule has 0 fully saturated rings. The summed E-state index contributed by atoms with van der Waals surface area (Å²) < 4.78 is 18.0. The number of carbonyl (C=O) groups excluding carboxylic acids is 1. The van der Waals surface area contributed by atoms with Gasteiger partial charge in [-0.15, -0.1) is 0 Å². The van der Waals surface area contributed by atoms with E-state index < -0.39 is 6.04 Å². The van der Waals surface area contributed by atoms with Crippen LogP contribution in [0.1, 0.15) is 35.5 Å². The van der Waals surface area contributed by atoms with E-state index in [9.17, 15) is 9.18 Å². The van der Waals surface area contributed by atoms with Gasteiger partial charge >= 0.3 is 6.03 Å². The van der Waals surface area contributed by atoms with E-state index in [0.717, 1.165) is 34.0 Å². The molecule has 8 heteroatoms. The number of nitrogens with zero attached hydrogens (tertiary/aromatic N) is 4. The van der Waals surface area contributed by atoms with Crippen LogP contribution in [-0.2, 0) is 13.0 Å². The van der Waals surface area contributed by atoms with E-state index in [1.54, 1.807) is 41.3 Å². The molecule has 1 atom stereocenters. The highest BCUT2D eigenvalue weighted by molar-refractivity contribution is 6.30. The molecule has 0 bridgehead atoms. The van der Waals surface area contributed by atoms with Crippen molar-refractivity contribution >= 4 is 23.3 Å². The van der Waals surface area contributed by atoms with E-state index in [0.29, 0.717) is 23.7 Å². The quantitative estimate of drug-likeness (QED) is 0.271. The Morgan fingerprint density at radius 2 is 1.82 bits per heavy atom. The molecule has 190 valence electrons. The molecule has 1 aliphatic rings. The van der Waals surface area contributed by atoms with Crippen LogP contribution in [0.3, 0.4) is 0 Å². The SMILES string of the molecule is CCc1nn(-c2ccccc2)c2c1CN(C(=O)Nc1cccc(Cl)c1)C(c1ccc(F)cc1)c1cccn1-2. The van der Waals surface area contributed by atoms with Gasteiger partial charge in [-0.1, -0.05) is 54.9 Å². The summed E-state index contributed by atoms with van der Waals surface area (Å²) in [6.45, 7) is 2.37. The predicted molar refractivity (Wildman–Crippen MR) is 147 cm³/mol. The molecule has 2 amide bonds. The zero-order valence-electron chi connectivity index (χ0n) is 20.7. The lowest BCUT2D eigenvalue weighted by molar-refractivity contribution is 0.194.